The van der Waals surface area contributed by atoms with E-state index in [4.69, 9.17) is 5.73 Å². The monoisotopic (exact) mass is 399 g/mol. The molecule has 9 nitrogen and oxygen atoms in total. The molecule has 1 aromatic carbocycles. The SMILES string of the molecule is NC(=O)N1CCC[C@H]1C(=O)N1CCC2(CC1)C(=O)NC(=O)N2Cc1ccccc1. The number of hydrogen-bond acceptors (Lipinski definition) is 4. The van der Waals surface area contributed by atoms with Crippen molar-refractivity contribution >= 4 is 23.9 Å². The van der Waals surface area contributed by atoms with Crippen LogP contribution in [0.3, 0.4) is 0 Å². The number of imide groups is 1. The molecule has 3 heterocycles. The van der Waals surface area contributed by atoms with E-state index in [1.807, 2.05) is 30.3 Å². The van der Waals surface area contributed by atoms with Crippen molar-refractivity contribution in [3.05, 3.63) is 35.9 Å². The first-order valence-electron chi connectivity index (χ1n) is 9.94. The fraction of sp³-hybridized carbons (Fsp3) is 0.500. The molecule has 1 spiro atoms. The molecule has 0 aliphatic carbocycles. The maximum atomic E-state index is 12.9. The zero-order valence-electron chi connectivity index (χ0n) is 16.2. The average molecular weight is 399 g/mol. The van der Waals surface area contributed by atoms with Crippen LogP contribution in [0.25, 0.3) is 0 Å². The molecule has 6 amide bonds. The van der Waals surface area contributed by atoms with E-state index in [1.54, 1.807) is 9.80 Å². The summed E-state index contributed by atoms with van der Waals surface area (Å²) in [6.45, 7) is 1.54. The topological polar surface area (TPSA) is 116 Å². The number of nitrogens with one attached hydrogen (secondary N) is 1. The van der Waals surface area contributed by atoms with Crippen LogP contribution in [0.4, 0.5) is 9.59 Å². The summed E-state index contributed by atoms with van der Waals surface area (Å²) in [7, 11) is 0. The van der Waals surface area contributed by atoms with E-state index < -0.39 is 23.6 Å². The zero-order valence-corrected chi connectivity index (χ0v) is 16.2. The van der Waals surface area contributed by atoms with Gasteiger partial charge in [0.15, 0.2) is 0 Å². The van der Waals surface area contributed by atoms with E-state index >= 15 is 0 Å². The van der Waals surface area contributed by atoms with Crippen LogP contribution < -0.4 is 11.1 Å². The van der Waals surface area contributed by atoms with Crippen LogP contribution in [0.1, 0.15) is 31.2 Å². The highest BCUT2D eigenvalue weighted by Gasteiger charge is 2.54. The molecule has 3 saturated heterocycles. The third-order valence-corrected chi connectivity index (χ3v) is 6.31. The van der Waals surface area contributed by atoms with Crippen molar-refractivity contribution in [2.45, 2.75) is 43.8 Å². The standard InChI is InChI=1S/C20H25N5O4/c21-18(28)24-10-4-7-15(24)16(26)23-11-8-20(9-12-23)17(27)22-19(29)25(20)13-14-5-2-1-3-6-14/h1-3,5-6,15H,4,7-13H2,(H2,21,28)(H,22,27,29)/t15-/m0/s1. The minimum Gasteiger partial charge on any atom is -0.351 e. The number of nitrogens with two attached hydrogens (primary N) is 1. The van der Waals surface area contributed by atoms with Gasteiger partial charge in [-0.1, -0.05) is 30.3 Å². The molecular weight excluding hydrogens is 374 g/mol. The van der Waals surface area contributed by atoms with E-state index in [1.165, 1.54) is 4.90 Å². The predicted octanol–water partition coefficient (Wildman–Crippen LogP) is 0.643. The molecule has 1 atom stereocenters. The van der Waals surface area contributed by atoms with E-state index in [-0.39, 0.29) is 11.8 Å². The lowest BCUT2D eigenvalue weighted by Crippen LogP contribution is -2.59. The van der Waals surface area contributed by atoms with Crippen molar-refractivity contribution in [3.8, 4) is 0 Å². The lowest BCUT2D eigenvalue weighted by molar-refractivity contribution is -0.141. The van der Waals surface area contributed by atoms with Gasteiger partial charge in [0.05, 0.1) is 0 Å². The highest BCUT2D eigenvalue weighted by Crippen LogP contribution is 2.35. The van der Waals surface area contributed by atoms with Crippen molar-refractivity contribution < 1.29 is 19.2 Å². The number of nitrogens with zero attached hydrogens (tertiary/aromatic N) is 3. The van der Waals surface area contributed by atoms with Gasteiger partial charge in [-0.15, -0.1) is 0 Å². The van der Waals surface area contributed by atoms with Crippen molar-refractivity contribution in [2.24, 2.45) is 5.73 Å². The van der Waals surface area contributed by atoms with Crippen LogP contribution in [0.2, 0.25) is 0 Å². The molecule has 3 N–H and O–H groups in total. The van der Waals surface area contributed by atoms with Gasteiger partial charge in [0, 0.05) is 26.2 Å². The first-order valence-corrected chi connectivity index (χ1v) is 9.94. The molecule has 3 aliphatic rings. The summed E-state index contributed by atoms with van der Waals surface area (Å²) in [6.07, 6.45) is 2.08. The fourth-order valence-electron chi connectivity index (χ4n) is 4.68. The second kappa shape index (κ2) is 7.38. The quantitative estimate of drug-likeness (QED) is 0.726. The van der Waals surface area contributed by atoms with E-state index in [0.717, 1.165) is 12.0 Å². The summed E-state index contributed by atoms with van der Waals surface area (Å²) in [5.41, 5.74) is 5.40. The molecule has 3 fully saturated rings. The van der Waals surface area contributed by atoms with Gasteiger partial charge in [0.1, 0.15) is 11.6 Å². The Balaban J connectivity index is 1.47. The highest BCUT2D eigenvalue weighted by molar-refractivity contribution is 6.07. The number of primary amides is 1. The summed E-state index contributed by atoms with van der Waals surface area (Å²) >= 11 is 0. The maximum Gasteiger partial charge on any atom is 0.325 e. The Labute approximate surface area is 168 Å². The molecule has 9 heteroatoms. The molecule has 154 valence electrons. The van der Waals surface area contributed by atoms with Gasteiger partial charge in [0.2, 0.25) is 5.91 Å². The molecule has 29 heavy (non-hydrogen) atoms. The molecule has 0 unspecified atom stereocenters. The number of hydrogen-bond donors (Lipinski definition) is 2. The molecule has 0 bridgehead atoms. The van der Waals surface area contributed by atoms with E-state index in [0.29, 0.717) is 45.4 Å². The van der Waals surface area contributed by atoms with Gasteiger partial charge >= 0.3 is 12.1 Å². The Kier molecular flexibility index (Phi) is 4.89. The second-order valence-electron chi connectivity index (χ2n) is 7.88. The number of carbonyl (C=O) groups excluding carboxylic acids is 4. The van der Waals surface area contributed by atoms with Crippen molar-refractivity contribution in [2.75, 3.05) is 19.6 Å². The molecule has 1 aromatic rings. The van der Waals surface area contributed by atoms with Crippen LogP contribution in [0.15, 0.2) is 30.3 Å². The number of amides is 6. The van der Waals surface area contributed by atoms with E-state index in [2.05, 4.69) is 5.32 Å². The highest BCUT2D eigenvalue weighted by atomic mass is 16.2. The van der Waals surface area contributed by atoms with Gasteiger partial charge in [0.25, 0.3) is 5.91 Å². The third kappa shape index (κ3) is 3.30. The summed E-state index contributed by atoms with van der Waals surface area (Å²) < 4.78 is 0. The Bertz CT molecular complexity index is 835. The minimum absolute atomic E-state index is 0.129. The average Bonchev–Trinajstić information content (AvgIpc) is 3.29. The van der Waals surface area contributed by atoms with Crippen LogP contribution in [-0.4, -0.2) is 69.8 Å². The molecule has 0 aromatic heterocycles. The smallest absolute Gasteiger partial charge is 0.325 e. The number of urea groups is 2. The van der Waals surface area contributed by atoms with Crippen molar-refractivity contribution in [1.82, 2.24) is 20.0 Å². The molecular formula is C20H25N5O4. The maximum absolute atomic E-state index is 12.9. The Morgan fingerprint density at radius 3 is 2.45 bits per heavy atom. The van der Waals surface area contributed by atoms with Gasteiger partial charge in [-0.05, 0) is 31.2 Å². The summed E-state index contributed by atoms with van der Waals surface area (Å²) in [5.74, 6) is -0.430. The lowest BCUT2D eigenvalue weighted by atomic mass is 9.85. The predicted molar refractivity (Wildman–Crippen MR) is 103 cm³/mol. The van der Waals surface area contributed by atoms with Crippen LogP contribution in [0.5, 0.6) is 0 Å². The zero-order chi connectivity index (χ0) is 20.6. The van der Waals surface area contributed by atoms with Crippen molar-refractivity contribution in [1.29, 1.82) is 0 Å². The minimum atomic E-state index is -0.942. The number of rotatable bonds is 3. The number of piperidine rings is 1. The molecule has 3 aliphatic heterocycles. The molecule has 0 radical (unpaired) electrons. The Morgan fingerprint density at radius 2 is 1.79 bits per heavy atom. The Morgan fingerprint density at radius 1 is 1.10 bits per heavy atom. The van der Waals surface area contributed by atoms with Crippen LogP contribution in [0, 0.1) is 0 Å². The van der Waals surface area contributed by atoms with Gasteiger partial charge < -0.3 is 20.4 Å². The molecule has 0 saturated carbocycles. The number of likely N-dealkylation sites (tertiary alicyclic amines) is 2. The van der Waals surface area contributed by atoms with Gasteiger partial charge in [-0.25, -0.2) is 9.59 Å². The summed E-state index contributed by atoms with van der Waals surface area (Å²) in [5, 5.41) is 2.44. The summed E-state index contributed by atoms with van der Waals surface area (Å²) in [4.78, 5) is 54.4. The first kappa shape index (κ1) is 19.2. The number of benzene rings is 1. The largest absolute Gasteiger partial charge is 0.351 e. The van der Waals surface area contributed by atoms with Crippen LogP contribution >= 0.6 is 0 Å². The third-order valence-electron chi connectivity index (χ3n) is 6.31. The number of carbonyl (C=O) groups is 4. The normalized spacial score (nSPS) is 23.6. The second-order valence-corrected chi connectivity index (χ2v) is 7.88. The fourth-order valence-corrected chi connectivity index (χ4v) is 4.68. The van der Waals surface area contributed by atoms with Gasteiger partial charge in [-0.2, -0.15) is 0 Å². The van der Waals surface area contributed by atoms with E-state index in [9.17, 15) is 19.2 Å². The molecule has 4 rings (SSSR count). The lowest BCUT2D eigenvalue weighted by Gasteiger charge is -2.43. The summed E-state index contributed by atoms with van der Waals surface area (Å²) in [6, 6.07) is 8.02. The van der Waals surface area contributed by atoms with Crippen molar-refractivity contribution in [3.63, 3.8) is 0 Å². The first-order chi connectivity index (χ1) is 13.9. The Hall–Kier alpha value is -3.10. The van der Waals surface area contributed by atoms with Crippen LogP contribution in [-0.2, 0) is 16.1 Å². The van der Waals surface area contributed by atoms with Gasteiger partial charge in [-0.3, -0.25) is 14.9 Å².